The fourth-order valence-corrected chi connectivity index (χ4v) is 3.33. The van der Waals surface area contributed by atoms with E-state index in [-0.39, 0.29) is 16.8 Å². The molecule has 1 atom stereocenters. The highest BCUT2D eigenvalue weighted by atomic mass is 35.5. The molecule has 0 aliphatic carbocycles. The van der Waals surface area contributed by atoms with Crippen molar-refractivity contribution in [1.82, 2.24) is 14.9 Å². The predicted molar refractivity (Wildman–Crippen MR) is 109 cm³/mol. The molecule has 31 heavy (non-hydrogen) atoms. The predicted octanol–water partition coefficient (Wildman–Crippen LogP) is 3.86. The zero-order chi connectivity index (χ0) is 22.6. The Hall–Kier alpha value is -2.79. The van der Waals surface area contributed by atoms with E-state index in [1.54, 1.807) is 17.0 Å². The van der Waals surface area contributed by atoms with Gasteiger partial charge in [-0.15, -0.1) is 0 Å². The van der Waals surface area contributed by atoms with E-state index >= 15 is 0 Å². The second kappa shape index (κ2) is 9.56. The average Bonchev–Trinajstić information content (AvgIpc) is 2.75. The van der Waals surface area contributed by atoms with E-state index in [1.807, 2.05) is 6.92 Å². The minimum atomic E-state index is -4.59. The molecular weight excluding hydrogens is 439 g/mol. The zero-order valence-corrected chi connectivity index (χ0v) is 17.5. The Bertz CT molecular complexity index is 945. The van der Waals surface area contributed by atoms with Crippen LogP contribution in [0.5, 0.6) is 5.75 Å². The van der Waals surface area contributed by atoms with Gasteiger partial charge in [-0.25, -0.2) is 4.98 Å². The molecule has 3 rings (SSSR count). The van der Waals surface area contributed by atoms with E-state index in [0.717, 1.165) is 6.41 Å². The van der Waals surface area contributed by atoms with E-state index in [2.05, 4.69) is 20.6 Å². The summed E-state index contributed by atoms with van der Waals surface area (Å²) in [5.41, 5.74) is 0.0260. The number of ether oxygens (including phenoxy) is 2. The summed E-state index contributed by atoms with van der Waals surface area (Å²) in [5, 5.41) is 5.51. The molecule has 2 aromatic rings. The summed E-state index contributed by atoms with van der Waals surface area (Å²) in [6.45, 7) is 3.39. The SMILES string of the molecule is CCOc1cc(Nc2ncc(C(F)(F)F)c(NC)n2)c(Cl)cc1C1CN(C=O)CCO1. The van der Waals surface area contributed by atoms with Crippen LogP contribution < -0.4 is 15.4 Å². The Kier molecular flexibility index (Phi) is 7.06. The number of hydrogen-bond acceptors (Lipinski definition) is 7. The maximum Gasteiger partial charge on any atom is 0.421 e. The Morgan fingerprint density at radius 3 is 2.84 bits per heavy atom. The van der Waals surface area contributed by atoms with Crippen molar-refractivity contribution in [3.63, 3.8) is 0 Å². The first-order chi connectivity index (χ1) is 14.8. The van der Waals surface area contributed by atoms with Crippen LogP contribution in [0.1, 0.15) is 24.2 Å². The molecule has 0 spiro atoms. The van der Waals surface area contributed by atoms with Crippen molar-refractivity contribution in [1.29, 1.82) is 0 Å². The highest BCUT2D eigenvalue weighted by Gasteiger charge is 2.35. The highest BCUT2D eigenvalue weighted by Crippen LogP contribution is 2.38. The van der Waals surface area contributed by atoms with E-state index in [4.69, 9.17) is 21.1 Å². The number of benzene rings is 1. The molecule has 2 N–H and O–H groups in total. The molecule has 1 aliphatic heterocycles. The lowest BCUT2D eigenvalue weighted by atomic mass is 10.1. The van der Waals surface area contributed by atoms with Crippen LogP contribution >= 0.6 is 11.6 Å². The first-order valence-corrected chi connectivity index (χ1v) is 9.80. The lowest BCUT2D eigenvalue weighted by Gasteiger charge is -2.31. The number of anilines is 3. The van der Waals surface area contributed by atoms with Gasteiger partial charge in [0.1, 0.15) is 23.2 Å². The number of nitrogens with zero attached hydrogens (tertiary/aromatic N) is 3. The van der Waals surface area contributed by atoms with Crippen LogP contribution in [0, 0.1) is 0 Å². The largest absolute Gasteiger partial charge is 0.493 e. The quantitative estimate of drug-likeness (QED) is 0.608. The van der Waals surface area contributed by atoms with E-state index < -0.39 is 17.8 Å². The second-order valence-electron chi connectivity index (χ2n) is 6.59. The Morgan fingerprint density at radius 1 is 1.42 bits per heavy atom. The van der Waals surface area contributed by atoms with Crippen LogP contribution in [0.2, 0.25) is 5.02 Å². The van der Waals surface area contributed by atoms with E-state index in [0.29, 0.717) is 49.5 Å². The van der Waals surface area contributed by atoms with Crippen molar-refractivity contribution >= 4 is 35.5 Å². The molecule has 168 valence electrons. The maximum atomic E-state index is 13.1. The molecule has 8 nitrogen and oxygen atoms in total. The number of amides is 1. The minimum absolute atomic E-state index is 0.0736. The van der Waals surface area contributed by atoms with Gasteiger partial charge in [-0.3, -0.25) is 4.79 Å². The van der Waals surface area contributed by atoms with Gasteiger partial charge < -0.3 is 25.0 Å². The molecule has 1 amide bonds. The van der Waals surface area contributed by atoms with Crippen LogP contribution in [0.4, 0.5) is 30.6 Å². The number of carbonyl (C=O) groups is 1. The number of nitrogens with one attached hydrogen (secondary N) is 2. The zero-order valence-electron chi connectivity index (χ0n) is 16.8. The van der Waals surface area contributed by atoms with Gasteiger partial charge in [0.15, 0.2) is 0 Å². The number of carbonyl (C=O) groups excluding carboxylic acids is 1. The number of rotatable bonds is 7. The molecule has 2 heterocycles. The lowest BCUT2D eigenvalue weighted by Crippen LogP contribution is -2.37. The van der Waals surface area contributed by atoms with Crippen LogP contribution in [0.3, 0.4) is 0 Å². The fraction of sp³-hybridized carbons (Fsp3) is 0.421. The third-order valence-electron chi connectivity index (χ3n) is 4.57. The van der Waals surface area contributed by atoms with Crippen molar-refractivity contribution < 1.29 is 27.4 Å². The molecule has 1 aromatic carbocycles. The van der Waals surface area contributed by atoms with Crippen LogP contribution in [0.25, 0.3) is 0 Å². The van der Waals surface area contributed by atoms with Crippen LogP contribution in [-0.2, 0) is 15.7 Å². The number of aromatic nitrogens is 2. The first kappa shape index (κ1) is 22.9. The smallest absolute Gasteiger partial charge is 0.421 e. The number of morpholine rings is 1. The Labute approximate surface area is 181 Å². The van der Waals surface area contributed by atoms with E-state index in [1.165, 1.54) is 7.05 Å². The number of hydrogen-bond donors (Lipinski definition) is 2. The molecule has 1 aliphatic rings. The topological polar surface area (TPSA) is 88.6 Å². The third-order valence-corrected chi connectivity index (χ3v) is 4.88. The van der Waals surface area contributed by atoms with Gasteiger partial charge in [0.25, 0.3) is 0 Å². The summed E-state index contributed by atoms with van der Waals surface area (Å²) in [5.74, 6) is 0.0238. The monoisotopic (exact) mass is 459 g/mol. The molecule has 1 fully saturated rings. The van der Waals surface area contributed by atoms with Crippen molar-refractivity contribution in [3.05, 3.63) is 34.5 Å². The molecule has 12 heteroatoms. The highest BCUT2D eigenvalue weighted by molar-refractivity contribution is 6.33. The molecule has 1 saturated heterocycles. The van der Waals surface area contributed by atoms with Gasteiger partial charge in [-0.1, -0.05) is 11.6 Å². The lowest BCUT2D eigenvalue weighted by molar-refractivity contribution is -0.137. The third kappa shape index (κ3) is 5.28. The van der Waals surface area contributed by atoms with E-state index in [9.17, 15) is 18.0 Å². The number of halogens is 4. The van der Waals surface area contributed by atoms with Crippen molar-refractivity contribution in [2.24, 2.45) is 0 Å². The van der Waals surface area contributed by atoms with Gasteiger partial charge in [-0.2, -0.15) is 18.2 Å². The average molecular weight is 460 g/mol. The Balaban J connectivity index is 1.92. The summed E-state index contributed by atoms with van der Waals surface area (Å²) in [4.78, 5) is 20.3. The summed E-state index contributed by atoms with van der Waals surface area (Å²) in [6, 6.07) is 3.24. The Morgan fingerprint density at radius 2 is 2.19 bits per heavy atom. The maximum absolute atomic E-state index is 13.1. The summed E-state index contributed by atoms with van der Waals surface area (Å²) < 4.78 is 50.7. The molecule has 0 bridgehead atoms. The molecule has 1 unspecified atom stereocenters. The van der Waals surface area contributed by atoms with Crippen LogP contribution in [-0.4, -0.2) is 54.6 Å². The minimum Gasteiger partial charge on any atom is -0.493 e. The molecular formula is C19H21ClF3N5O3. The van der Waals surface area contributed by atoms with Crippen molar-refractivity contribution in [2.75, 3.05) is 44.0 Å². The van der Waals surface area contributed by atoms with Crippen LogP contribution in [0.15, 0.2) is 18.3 Å². The fourth-order valence-electron chi connectivity index (χ4n) is 3.11. The summed E-state index contributed by atoms with van der Waals surface area (Å²) in [6.07, 6.45) is -3.57. The normalized spacial score (nSPS) is 16.7. The van der Waals surface area contributed by atoms with Gasteiger partial charge in [-0.05, 0) is 13.0 Å². The van der Waals surface area contributed by atoms with Gasteiger partial charge in [0.2, 0.25) is 12.4 Å². The summed E-state index contributed by atoms with van der Waals surface area (Å²) >= 11 is 6.41. The second-order valence-corrected chi connectivity index (χ2v) is 7.00. The molecule has 1 aromatic heterocycles. The van der Waals surface area contributed by atoms with Crippen molar-refractivity contribution in [3.8, 4) is 5.75 Å². The molecule has 0 radical (unpaired) electrons. The van der Waals surface area contributed by atoms with Gasteiger partial charge in [0, 0.05) is 31.4 Å². The number of alkyl halides is 3. The van der Waals surface area contributed by atoms with Gasteiger partial charge >= 0.3 is 6.18 Å². The summed E-state index contributed by atoms with van der Waals surface area (Å²) in [7, 11) is 1.34. The molecule has 0 saturated carbocycles. The van der Waals surface area contributed by atoms with Gasteiger partial charge in [0.05, 0.1) is 30.5 Å². The standard InChI is InChI=1S/C19H21ClF3N5O3/c1-3-30-15-7-14(13(20)6-11(15)16-9-28(10-29)4-5-31-16)26-18-25-8-12(19(21,22)23)17(24-2)27-18/h6-8,10,16H,3-5,9H2,1-2H3,(H2,24,25,26,27). The first-order valence-electron chi connectivity index (χ1n) is 9.43. The van der Waals surface area contributed by atoms with Crippen molar-refractivity contribution in [2.45, 2.75) is 19.2 Å².